The van der Waals surface area contributed by atoms with E-state index in [0.29, 0.717) is 138 Å². The SMILES string of the molecule is COc1ccc(Oc2cccc(S(=O)(=O)NC(=O)c3[nH]c4cc(Cl)ccc4c3CCCOc3cc(C)c(Cl)c(C)c3)c2)cc1.Cc1cc(OCCCc2c(C(=O)NS(=O)(=O)c3cccc(Br)c3)[nH]c3cc(Cl)ccc23)cc(C)c1Cl.Cc1cccc(S(=O)(=O)NC(=O)c2[nH]c3cc(Cl)ccc3c2CCCOc2cc(C)c(Cl)c(C)c2)c1. The van der Waals surface area contributed by atoms with Crippen LogP contribution < -0.4 is 37.9 Å². The molecule has 30 heteroatoms. The summed E-state index contributed by atoms with van der Waals surface area (Å²) < 4.78 is 114. The molecular weight excluding hydrogens is 1730 g/mol. The minimum atomic E-state index is -4.25. The molecule has 6 N–H and O–H groups in total. The van der Waals surface area contributed by atoms with Crippen molar-refractivity contribution in [1.82, 2.24) is 29.1 Å². The van der Waals surface area contributed by atoms with Crippen molar-refractivity contribution in [2.45, 2.75) is 102 Å². The highest BCUT2D eigenvalue weighted by atomic mass is 79.9. The lowest BCUT2D eigenvalue weighted by Gasteiger charge is -2.11. The average molecular weight is 1810 g/mol. The quantitative estimate of drug-likeness (QED) is 0.0261. The van der Waals surface area contributed by atoms with Gasteiger partial charge in [-0.2, -0.15) is 0 Å². The van der Waals surface area contributed by atoms with Crippen molar-refractivity contribution < 1.29 is 63.3 Å². The second kappa shape index (κ2) is 38.1. The fraction of sp³-hybridized carbons (Fsp3) is 0.198. The molecule has 0 bridgehead atoms. The smallest absolute Gasteiger partial charge is 0.281 e. The van der Waals surface area contributed by atoms with E-state index >= 15 is 0 Å². The molecule has 604 valence electrons. The maximum Gasteiger partial charge on any atom is 0.281 e. The first kappa shape index (κ1) is 87.1. The third kappa shape index (κ3) is 21.9. The number of aromatic nitrogens is 3. The number of carbonyl (C=O) groups is 3. The van der Waals surface area contributed by atoms with Gasteiger partial charge < -0.3 is 38.6 Å². The van der Waals surface area contributed by atoms with Crippen LogP contribution >= 0.6 is 85.5 Å². The molecule has 0 aliphatic heterocycles. The van der Waals surface area contributed by atoms with Crippen molar-refractivity contribution in [3.63, 3.8) is 0 Å². The molecule has 0 radical (unpaired) electrons. The summed E-state index contributed by atoms with van der Waals surface area (Å²) in [5.41, 5.74) is 10.8. The first-order chi connectivity index (χ1) is 55.1. The zero-order valence-electron chi connectivity index (χ0n) is 63.8. The summed E-state index contributed by atoms with van der Waals surface area (Å²) in [4.78, 5) is 48.8. The lowest BCUT2D eigenvalue weighted by molar-refractivity contribution is 0.0967. The van der Waals surface area contributed by atoms with E-state index in [9.17, 15) is 39.6 Å². The molecule has 116 heavy (non-hydrogen) atoms. The molecule has 0 aliphatic rings. The summed E-state index contributed by atoms with van der Waals surface area (Å²) in [6.07, 6.45) is 3.17. The number of benzene rings is 10. The van der Waals surface area contributed by atoms with E-state index in [1.807, 2.05) is 96.1 Å². The van der Waals surface area contributed by atoms with Crippen molar-refractivity contribution in [3.05, 3.63) is 295 Å². The van der Waals surface area contributed by atoms with E-state index in [2.05, 4.69) is 45.0 Å². The summed E-state index contributed by atoms with van der Waals surface area (Å²) in [6, 6.07) is 52.3. The second-order valence-electron chi connectivity index (χ2n) is 27.3. The van der Waals surface area contributed by atoms with Crippen molar-refractivity contribution in [3.8, 4) is 34.5 Å². The number of H-pyrrole nitrogens is 3. The minimum Gasteiger partial charge on any atom is -0.497 e. The van der Waals surface area contributed by atoms with Gasteiger partial charge in [-0.05, 0) is 282 Å². The minimum absolute atomic E-state index is 0.0205. The van der Waals surface area contributed by atoms with Crippen molar-refractivity contribution in [2.75, 3.05) is 26.9 Å². The Bertz CT molecular complexity index is 5950. The summed E-state index contributed by atoms with van der Waals surface area (Å²) in [7, 11) is -10.8. The number of aromatic amines is 3. The topological polar surface area (TPSA) is 283 Å². The molecule has 0 fully saturated rings. The van der Waals surface area contributed by atoms with Crippen LogP contribution in [-0.4, -0.2) is 84.9 Å². The van der Waals surface area contributed by atoms with E-state index < -0.39 is 47.8 Å². The molecule has 0 spiro atoms. The number of rotatable bonds is 27. The molecule has 13 rings (SSSR count). The number of nitrogens with one attached hydrogen (secondary N) is 6. The van der Waals surface area contributed by atoms with Crippen LogP contribution in [-0.2, 0) is 49.3 Å². The average Bonchev–Trinajstić information content (AvgIpc) is 1.60. The number of fused-ring (bicyclic) bond motifs is 3. The van der Waals surface area contributed by atoms with Crippen LogP contribution in [0.3, 0.4) is 0 Å². The molecule has 13 aromatic rings. The van der Waals surface area contributed by atoms with Gasteiger partial charge >= 0.3 is 0 Å². The van der Waals surface area contributed by atoms with E-state index in [0.717, 1.165) is 71.6 Å². The summed E-state index contributed by atoms with van der Waals surface area (Å²) in [6.45, 7) is 14.5. The monoisotopic (exact) mass is 1800 g/mol. The predicted octanol–water partition coefficient (Wildman–Crippen LogP) is 21.5. The number of sulfonamides is 3. The molecule has 0 unspecified atom stereocenters. The molecule has 3 amide bonds. The van der Waals surface area contributed by atoms with E-state index in [4.69, 9.17) is 93.3 Å². The molecule has 3 heterocycles. The molecule has 0 aliphatic carbocycles. The highest BCUT2D eigenvalue weighted by molar-refractivity contribution is 9.10. The Morgan fingerprint density at radius 1 is 0.362 bits per heavy atom. The van der Waals surface area contributed by atoms with Gasteiger partial charge in [0.15, 0.2) is 0 Å². The van der Waals surface area contributed by atoms with Crippen LogP contribution in [0.5, 0.6) is 34.5 Å². The Balaban J connectivity index is 0.000000172. The van der Waals surface area contributed by atoms with Crippen molar-refractivity contribution in [1.29, 1.82) is 0 Å². The van der Waals surface area contributed by atoms with Crippen LogP contribution in [0.4, 0.5) is 0 Å². The third-order valence-electron chi connectivity index (χ3n) is 18.5. The molecule has 20 nitrogen and oxygen atoms in total. The first-order valence-electron chi connectivity index (χ1n) is 36.2. The van der Waals surface area contributed by atoms with Crippen LogP contribution in [0.15, 0.2) is 207 Å². The van der Waals surface area contributed by atoms with Gasteiger partial charge in [-0.25, -0.2) is 39.4 Å². The van der Waals surface area contributed by atoms with Crippen LogP contribution in [0.1, 0.15) is 106 Å². The Morgan fingerprint density at radius 2 is 0.681 bits per heavy atom. The highest BCUT2D eigenvalue weighted by Gasteiger charge is 2.28. The number of methoxy groups -OCH3 is 1. The molecule has 0 saturated heterocycles. The first-order valence-corrected chi connectivity index (χ1v) is 43.7. The number of hydrogen-bond acceptors (Lipinski definition) is 14. The Morgan fingerprint density at radius 3 is 1.02 bits per heavy atom. The molecular formula is C86H79BrCl6N6O14S3. The summed E-state index contributed by atoms with van der Waals surface area (Å²) >= 11 is 40.5. The highest BCUT2D eigenvalue weighted by Crippen LogP contribution is 2.35. The van der Waals surface area contributed by atoms with Crippen molar-refractivity contribution >= 4 is 166 Å². The van der Waals surface area contributed by atoms with Gasteiger partial charge in [0.25, 0.3) is 47.8 Å². The van der Waals surface area contributed by atoms with Crippen molar-refractivity contribution in [2.24, 2.45) is 0 Å². The van der Waals surface area contributed by atoms with Gasteiger partial charge in [0.05, 0.1) is 41.6 Å². The lowest BCUT2D eigenvalue weighted by Crippen LogP contribution is -2.31. The maximum atomic E-state index is 13.5. The largest absolute Gasteiger partial charge is 0.497 e. The van der Waals surface area contributed by atoms with Gasteiger partial charge in [0.1, 0.15) is 51.6 Å². The number of halogens is 7. The number of carbonyl (C=O) groups excluding carboxylic acids is 3. The molecule has 3 aromatic heterocycles. The fourth-order valence-electron chi connectivity index (χ4n) is 12.9. The van der Waals surface area contributed by atoms with Gasteiger partial charge in [0, 0.05) is 73.4 Å². The molecule has 0 saturated carbocycles. The summed E-state index contributed by atoms with van der Waals surface area (Å²) in [5, 5.41) is 5.99. The zero-order valence-corrected chi connectivity index (χ0v) is 72.4. The van der Waals surface area contributed by atoms with E-state index in [-0.39, 0.29) is 37.5 Å². The predicted molar refractivity (Wildman–Crippen MR) is 463 cm³/mol. The maximum absolute atomic E-state index is 13.5. The van der Waals surface area contributed by atoms with E-state index in [1.54, 1.807) is 105 Å². The number of aryl methyl sites for hydroxylation is 10. The standard InChI is InChI=1S/C33H30Cl2N2O6S.C27H26Cl2N2O4S.C26H23BrCl2N2O4S/c1-20-16-26(17-21(2)31(20)35)42-15-5-8-29-28-14-9-22(34)18-30(28)36-32(29)33(38)37-44(39,40)27-7-4-6-25(19-27)43-24-12-10-23(41-3)11-13-24;1-16-6-4-7-21(12-16)36(33,34)31-27(32)26-23(22-10-9-19(28)15-24(22)30-26)8-5-11-35-20-13-17(2)25(29)18(3)14-20;1-15-11-19(12-16(2)24(15)29)35-10-4-7-22-21-9-8-18(28)14-23(21)30-25(22)26(32)31-36(33,34)20-6-3-5-17(27)13-20/h4,6-7,9-14,16-19,36H,5,8,15H2,1-3H3,(H,37,38);4,6-7,9-10,12-15,30H,5,8,11H2,1-3H3,(H,31,32);3,5-6,8-9,11-14,30H,4,7,10H2,1-2H3,(H,31,32). The van der Waals surface area contributed by atoms with Gasteiger partial charge in [-0.3, -0.25) is 14.4 Å². The second-order valence-corrected chi connectivity index (χ2v) is 35.7. The van der Waals surface area contributed by atoms with Crippen LogP contribution in [0.25, 0.3) is 32.7 Å². The van der Waals surface area contributed by atoms with E-state index in [1.165, 1.54) is 42.5 Å². The summed E-state index contributed by atoms with van der Waals surface area (Å²) in [5.74, 6) is 1.32. The Labute approximate surface area is 711 Å². The lowest BCUT2D eigenvalue weighted by atomic mass is 10.1. The van der Waals surface area contributed by atoms with Gasteiger partial charge in [-0.1, -0.05) is 128 Å². The van der Waals surface area contributed by atoms with Crippen LogP contribution in [0.2, 0.25) is 30.1 Å². The number of hydrogen-bond donors (Lipinski definition) is 6. The van der Waals surface area contributed by atoms with Gasteiger partial charge in [-0.15, -0.1) is 0 Å². The molecule has 0 atom stereocenters. The Kier molecular flexibility index (Phi) is 28.7. The third-order valence-corrected chi connectivity index (χ3v) is 25.5. The fourth-order valence-corrected chi connectivity index (χ4v) is 17.4. The number of ether oxygens (including phenoxy) is 5. The molecule has 10 aromatic carbocycles. The number of amides is 3. The Hall–Kier alpha value is -9.70. The zero-order chi connectivity index (χ0) is 83.5. The van der Waals surface area contributed by atoms with Gasteiger partial charge in [0.2, 0.25) is 0 Å². The van der Waals surface area contributed by atoms with Crippen LogP contribution in [0, 0.1) is 48.5 Å². The normalized spacial score (nSPS) is 11.5.